The van der Waals surface area contributed by atoms with Crippen LogP contribution in [0, 0.1) is 5.82 Å². The number of thioether (sulfide) groups is 1. The van der Waals surface area contributed by atoms with E-state index in [1.165, 1.54) is 45.7 Å². The maximum atomic E-state index is 13.5. The lowest BCUT2D eigenvalue weighted by Crippen LogP contribution is -2.12. The van der Waals surface area contributed by atoms with E-state index in [2.05, 4.69) is 20.2 Å². The van der Waals surface area contributed by atoms with Gasteiger partial charge in [-0.15, -0.1) is 21.5 Å². The van der Waals surface area contributed by atoms with Crippen molar-refractivity contribution in [3.63, 3.8) is 0 Å². The highest BCUT2D eigenvalue weighted by molar-refractivity contribution is 7.98. The molecule has 0 bridgehead atoms. The minimum absolute atomic E-state index is 0.116. The molecule has 1 aromatic carbocycles. The number of halogens is 1. The van der Waals surface area contributed by atoms with Gasteiger partial charge in [0, 0.05) is 47.0 Å². The molecule has 0 aliphatic rings. The van der Waals surface area contributed by atoms with Crippen LogP contribution in [0.15, 0.2) is 76.4 Å². The lowest BCUT2D eigenvalue weighted by Gasteiger charge is -2.10. The van der Waals surface area contributed by atoms with Crippen molar-refractivity contribution in [3.8, 4) is 17.1 Å². The van der Waals surface area contributed by atoms with Gasteiger partial charge in [-0.1, -0.05) is 11.8 Å². The molecule has 7 nitrogen and oxygen atoms in total. The molecule has 0 aliphatic carbocycles. The van der Waals surface area contributed by atoms with Gasteiger partial charge < -0.3 is 0 Å². The fourth-order valence-electron chi connectivity index (χ4n) is 2.97. The molecule has 0 atom stereocenters. The Labute approximate surface area is 177 Å². The Morgan fingerprint density at radius 3 is 2.67 bits per heavy atom. The van der Waals surface area contributed by atoms with Gasteiger partial charge in [0.25, 0.3) is 5.56 Å². The van der Waals surface area contributed by atoms with Crippen molar-refractivity contribution in [1.29, 1.82) is 0 Å². The normalized spacial score (nSPS) is 11.2. The summed E-state index contributed by atoms with van der Waals surface area (Å²) < 4.78 is 16.8. The van der Waals surface area contributed by atoms with Crippen molar-refractivity contribution < 1.29 is 4.39 Å². The van der Waals surface area contributed by atoms with Crippen molar-refractivity contribution in [2.24, 2.45) is 0 Å². The highest BCUT2D eigenvalue weighted by Crippen LogP contribution is 2.29. The smallest absolute Gasteiger partial charge is 0.258 e. The largest absolute Gasteiger partial charge is 0.270 e. The van der Waals surface area contributed by atoms with Crippen LogP contribution in [0.2, 0.25) is 0 Å². The first-order valence-corrected chi connectivity index (χ1v) is 10.8. The Kier molecular flexibility index (Phi) is 4.85. The zero-order valence-electron chi connectivity index (χ0n) is 15.3. The maximum absolute atomic E-state index is 13.5. The number of hydrogen-bond acceptors (Lipinski definition) is 7. The molecule has 0 radical (unpaired) electrons. The molecule has 30 heavy (non-hydrogen) atoms. The number of rotatable bonds is 5. The Morgan fingerprint density at radius 2 is 1.87 bits per heavy atom. The SMILES string of the molecule is O=c1cc(CSc2nnc(-c3ccncc3)n2-c2ccc(F)cc2)nc2sccn12. The van der Waals surface area contributed by atoms with Gasteiger partial charge >= 0.3 is 0 Å². The molecular formula is C20H13FN6OS2. The molecule has 148 valence electrons. The Hall–Kier alpha value is -3.37. The van der Waals surface area contributed by atoms with E-state index in [9.17, 15) is 9.18 Å². The van der Waals surface area contributed by atoms with Gasteiger partial charge in [0.1, 0.15) is 5.82 Å². The van der Waals surface area contributed by atoms with Gasteiger partial charge in [0.2, 0.25) is 0 Å². The predicted molar refractivity (Wildman–Crippen MR) is 113 cm³/mol. The summed E-state index contributed by atoms with van der Waals surface area (Å²) in [7, 11) is 0. The summed E-state index contributed by atoms with van der Waals surface area (Å²) in [5.74, 6) is 0.743. The molecule has 0 amide bonds. The van der Waals surface area contributed by atoms with Crippen LogP contribution in [0.25, 0.3) is 22.0 Å². The van der Waals surface area contributed by atoms with E-state index in [1.807, 2.05) is 22.1 Å². The highest BCUT2D eigenvalue weighted by Gasteiger charge is 2.17. The standard InChI is InChI=1S/C20H13FN6OS2/c21-14-1-3-16(4-2-14)27-18(13-5-7-22-8-6-13)24-25-20(27)30-12-15-11-17(28)26-9-10-29-19(26)23-15/h1-11H,12H2. The number of pyridine rings is 1. The summed E-state index contributed by atoms with van der Waals surface area (Å²) in [6.07, 6.45) is 5.07. The summed E-state index contributed by atoms with van der Waals surface area (Å²) in [4.78, 5) is 21.5. The van der Waals surface area contributed by atoms with Gasteiger partial charge in [-0.3, -0.25) is 18.7 Å². The Balaban J connectivity index is 1.53. The van der Waals surface area contributed by atoms with Crippen molar-refractivity contribution in [1.82, 2.24) is 29.1 Å². The van der Waals surface area contributed by atoms with Crippen LogP contribution in [-0.4, -0.2) is 29.1 Å². The Morgan fingerprint density at radius 1 is 1.07 bits per heavy atom. The number of aromatic nitrogens is 6. The van der Waals surface area contributed by atoms with Gasteiger partial charge in [0.05, 0.1) is 5.69 Å². The summed E-state index contributed by atoms with van der Waals surface area (Å²) in [5, 5.41) is 11.1. The monoisotopic (exact) mass is 436 g/mol. The molecule has 0 aliphatic heterocycles. The van der Waals surface area contributed by atoms with Gasteiger partial charge in [-0.05, 0) is 36.4 Å². The van der Waals surface area contributed by atoms with E-state index in [4.69, 9.17) is 0 Å². The number of benzene rings is 1. The average molecular weight is 436 g/mol. The van der Waals surface area contributed by atoms with E-state index in [1.54, 1.807) is 30.7 Å². The number of hydrogen-bond donors (Lipinski definition) is 0. The first kappa shape index (κ1) is 18.6. The zero-order chi connectivity index (χ0) is 20.5. The van der Waals surface area contributed by atoms with Gasteiger partial charge in [0.15, 0.2) is 15.9 Å². The van der Waals surface area contributed by atoms with Crippen LogP contribution in [0.3, 0.4) is 0 Å². The average Bonchev–Trinajstić information content (AvgIpc) is 3.41. The van der Waals surface area contributed by atoms with Crippen LogP contribution in [0.4, 0.5) is 4.39 Å². The molecule has 0 saturated carbocycles. The van der Waals surface area contributed by atoms with Gasteiger partial charge in [-0.25, -0.2) is 9.37 Å². The molecule has 0 fully saturated rings. The molecule has 5 aromatic rings. The third kappa shape index (κ3) is 3.51. The van der Waals surface area contributed by atoms with E-state index >= 15 is 0 Å². The van der Waals surface area contributed by atoms with Crippen LogP contribution in [0.5, 0.6) is 0 Å². The van der Waals surface area contributed by atoms with Gasteiger partial charge in [-0.2, -0.15) is 0 Å². The zero-order valence-corrected chi connectivity index (χ0v) is 17.0. The molecule has 4 aromatic heterocycles. The fraction of sp³-hybridized carbons (Fsp3) is 0.0500. The van der Waals surface area contributed by atoms with Crippen LogP contribution >= 0.6 is 23.1 Å². The van der Waals surface area contributed by atoms with Crippen molar-refractivity contribution in [3.05, 3.63) is 88.3 Å². The molecule has 0 spiro atoms. The number of nitrogens with zero attached hydrogens (tertiary/aromatic N) is 6. The molecule has 5 rings (SSSR count). The van der Waals surface area contributed by atoms with E-state index < -0.39 is 0 Å². The second-order valence-electron chi connectivity index (χ2n) is 6.28. The van der Waals surface area contributed by atoms with Crippen molar-refractivity contribution in [2.45, 2.75) is 10.9 Å². The minimum atomic E-state index is -0.319. The second-order valence-corrected chi connectivity index (χ2v) is 8.10. The summed E-state index contributed by atoms with van der Waals surface area (Å²) in [6.45, 7) is 0. The lowest BCUT2D eigenvalue weighted by atomic mass is 10.2. The van der Waals surface area contributed by atoms with E-state index in [-0.39, 0.29) is 11.4 Å². The summed E-state index contributed by atoms with van der Waals surface area (Å²) in [6, 6.07) is 11.3. The summed E-state index contributed by atoms with van der Waals surface area (Å²) in [5.41, 5.74) is 2.11. The highest BCUT2D eigenvalue weighted by atomic mass is 32.2. The van der Waals surface area contributed by atoms with Crippen LogP contribution in [0.1, 0.15) is 5.69 Å². The van der Waals surface area contributed by atoms with E-state index in [0.29, 0.717) is 27.4 Å². The third-order valence-corrected chi connectivity index (χ3v) is 6.08. The van der Waals surface area contributed by atoms with Crippen LogP contribution < -0.4 is 5.56 Å². The molecule has 0 saturated heterocycles. The first-order chi connectivity index (χ1) is 14.7. The van der Waals surface area contributed by atoms with Crippen molar-refractivity contribution in [2.75, 3.05) is 0 Å². The summed E-state index contributed by atoms with van der Waals surface area (Å²) >= 11 is 2.82. The molecule has 0 N–H and O–H groups in total. The minimum Gasteiger partial charge on any atom is -0.270 e. The number of fused-ring (bicyclic) bond motifs is 1. The van der Waals surface area contributed by atoms with Crippen molar-refractivity contribution >= 4 is 28.1 Å². The lowest BCUT2D eigenvalue weighted by molar-refractivity contribution is 0.627. The third-order valence-electron chi connectivity index (χ3n) is 4.36. The van der Waals surface area contributed by atoms with Crippen LogP contribution in [-0.2, 0) is 5.75 Å². The fourth-order valence-corrected chi connectivity index (χ4v) is 4.56. The predicted octanol–water partition coefficient (Wildman–Crippen LogP) is 3.83. The topological polar surface area (TPSA) is 78.0 Å². The second kappa shape index (κ2) is 7.81. The Bertz CT molecular complexity index is 1380. The van der Waals surface area contributed by atoms with E-state index in [0.717, 1.165) is 11.3 Å². The molecular weight excluding hydrogens is 423 g/mol. The maximum Gasteiger partial charge on any atom is 0.258 e. The molecule has 10 heteroatoms. The number of thiazole rings is 1. The molecule has 0 unspecified atom stereocenters. The molecule has 4 heterocycles. The first-order valence-electron chi connectivity index (χ1n) is 8.89. The quantitative estimate of drug-likeness (QED) is 0.390.